The second-order valence-electron chi connectivity index (χ2n) is 6.59. The van der Waals surface area contributed by atoms with Crippen molar-refractivity contribution in [2.75, 3.05) is 23.7 Å². The molecule has 1 amide bonds. The van der Waals surface area contributed by atoms with E-state index in [2.05, 4.69) is 27.0 Å². The van der Waals surface area contributed by atoms with Crippen LogP contribution in [0.15, 0.2) is 60.0 Å². The van der Waals surface area contributed by atoms with Crippen molar-refractivity contribution in [2.24, 2.45) is 0 Å². The first kappa shape index (κ1) is 17.7. The second kappa shape index (κ2) is 8.33. The Kier molecular flexibility index (Phi) is 5.46. The number of hydrogen-bond acceptors (Lipinski definition) is 5. The topological polar surface area (TPSA) is 66.1 Å². The number of hydrogen-bond donors (Lipinski definition) is 3. The molecule has 27 heavy (non-hydrogen) atoms. The summed E-state index contributed by atoms with van der Waals surface area (Å²) in [5.41, 5.74) is 3.48. The minimum atomic E-state index is -0.172. The third kappa shape index (κ3) is 4.35. The smallest absolute Gasteiger partial charge is 0.275 e. The highest BCUT2D eigenvalue weighted by atomic mass is 32.1. The van der Waals surface area contributed by atoms with E-state index in [1.165, 1.54) is 16.9 Å². The molecule has 2 heterocycles. The molecule has 6 heteroatoms. The van der Waals surface area contributed by atoms with Gasteiger partial charge < -0.3 is 16.0 Å². The molecule has 1 aliphatic rings. The van der Waals surface area contributed by atoms with Crippen LogP contribution in [0.25, 0.3) is 0 Å². The molecule has 0 radical (unpaired) electrons. The molecule has 0 atom stereocenters. The molecule has 3 aromatic rings. The number of thiazole rings is 1. The monoisotopic (exact) mass is 378 g/mol. The predicted molar refractivity (Wildman–Crippen MR) is 111 cm³/mol. The minimum absolute atomic E-state index is 0.172. The molecule has 0 unspecified atom stereocenters. The molecule has 5 nitrogen and oxygen atoms in total. The van der Waals surface area contributed by atoms with Crippen molar-refractivity contribution < 1.29 is 4.79 Å². The van der Waals surface area contributed by atoms with Crippen molar-refractivity contribution in [3.8, 4) is 0 Å². The molecule has 0 spiro atoms. The third-order valence-electron chi connectivity index (χ3n) is 4.75. The summed E-state index contributed by atoms with van der Waals surface area (Å²) in [7, 11) is 0. The van der Waals surface area contributed by atoms with Crippen LogP contribution < -0.4 is 16.0 Å². The molecular formula is C21H22N4OS. The van der Waals surface area contributed by atoms with Crippen molar-refractivity contribution in [2.45, 2.75) is 18.8 Å². The van der Waals surface area contributed by atoms with E-state index in [0.717, 1.165) is 37.3 Å². The summed E-state index contributed by atoms with van der Waals surface area (Å²) < 4.78 is 0. The number of nitrogens with zero attached hydrogens (tertiary/aromatic N) is 1. The zero-order valence-corrected chi connectivity index (χ0v) is 15.8. The summed E-state index contributed by atoms with van der Waals surface area (Å²) >= 11 is 1.42. The van der Waals surface area contributed by atoms with Crippen LogP contribution in [0.1, 0.15) is 34.8 Å². The van der Waals surface area contributed by atoms with Crippen LogP contribution in [0.5, 0.6) is 0 Å². The van der Waals surface area contributed by atoms with Crippen LogP contribution in [0.3, 0.4) is 0 Å². The van der Waals surface area contributed by atoms with Crippen molar-refractivity contribution in [1.29, 1.82) is 0 Å². The summed E-state index contributed by atoms with van der Waals surface area (Å²) in [5, 5.41) is 12.2. The normalized spacial score (nSPS) is 14.7. The quantitative estimate of drug-likeness (QED) is 0.607. The number of carbonyl (C=O) groups excluding carboxylic acids is 1. The van der Waals surface area contributed by atoms with E-state index in [1.807, 2.05) is 48.5 Å². The molecule has 1 aliphatic heterocycles. The van der Waals surface area contributed by atoms with Gasteiger partial charge in [-0.25, -0.2) is 4.98 Å². The van der Waals surface area contributed by atoms with Gasteiger partial charge in [0, 0.05) is 16.8 Å². The fourth-order valence-electron chi connectivity index (χ4n) is 3.37. The number of nitrogens with one attached hydrogen (secondary N) is 3. The lowest BCUT2D eigenvalue weighted by atomic mass is 9.89. The Hall–Kier alpha value is -2.70. The van der Waals surface area contributed by atoms with Crippen LogP contribution in [-0.4, -0.2) is 24.0 Å². The Balaban J connectivity index is 1.47. The van der Waals surface area contributed by atoms with Gasteiger partial charge in [-0.15, -0.1) is 11.3 Å². The lowest BCUT2D eigenvalue weighted by Gasteiger charge is -2.25. The average molecular weight is 379 g/mol. The summed E-state index contributed by atoms with van der Waals surface area (Å²) in [5.74, 6) is 0.308. The van der Waals surface area contributed by atoms with E-state index in [9.17, 15) is 4.79 Å². The fraction of sp³-hybridized carbons (Fsp3) is 0.238. The maximum Gasteiger partial charge on any atom is 0.275 e. The number of aromatic nitrogens is 1. The zero-order chi connectivity index (χ0) is 18.5. The first-order valence-corrected chi connectivity index (χ1v) is 10.1. The Morgan fingerprint density at radius 3 is 2.59 bits per heavy atom. The summed E-state index contributed by atoms with van der Waals surface area (Å²) in [6.07, 6.45) is 2.18. The number of benzene rings is 2. The van der Waals surface area contributed by atoms with Gasteiger partial charge in [-0.05, 0) is 55.6 Å². The van der Waals surface area contributed by atoms with E-state index < -0.39 is 0 Å². The molecule has 4 rings (SSSR count). The highest BCUT2D eigenvalue weighted by molar-refractivity contribution is 7.14. The summed E-state index contributed by atoms with van der Waals surface area (Å²) in [6, 6.07) is 17.9. The Labute approximate surface area is 162 Å². The molecule has 0 aliphatic carbocycles. The average Bonchev–Trinajstić information content (AvgIpc) is 3.18. The maximum atomic E-state index is 12.7. The highest BCUT2D eigenvalue weighted by Crippen LogP contribution is 2.31. The summed E-state index contributed by atoms with van der Waals surface area (Å²) in [4.78, 5) is 17.1. The Morgan fingerprint density at radius 2 is 1.78 bits per heavy atom. The number of amides is 1. The Bertz CT molecular complexity index is 903. The van der Waals surface area contributed by atoms with Gasteiger partial charge in [-0.3, -0.25) is 4.79 Å². The maximum absolute atomic E-state index is 12.7. The number of piperidine rings is 1. The molecule has 138 valence electrons. The van der Waals surface area contributed by atoms with Gasteiger partial charge in [0.25, 0.3) is 5.91 Å². The van der Waals surface area contributed by atoms with Gasteiger partial charge in [0.05, 0.1) is 0 Å². The SMILES string of the molecule is O=C(Nc1ccccc1C1CCNCC1)c1csc(Nc2ccccc2)n1. The molecule has 0 bridgehead atoms. The standard InChI is InChI=1S/C21H22N4OS/c26-20(19-14-27-21(25-19)23-16-6-2-1-3-7-16)24-18-9-5-4-8-17(18)15-10-12-22-13-11-15/h1-9,14-15,22H,10-13H2,(H,23,25)(H,24,26). The molecule has 1 aromatic heterocycles. The van der Waals surface area contributed by atoms with Gasteiger partial charge in [-0.1, -0.05) is 36.4 Å². The van der Waals surface area contributed by atoms with Crippen LogP contribution in [0.2, 0.25) is 0 Å². The first-order chi connectivity index (χ1) is 13.3. The lowest BCUT2D eigenvalue weighted by Crippen LogP contribution is -2.27. The molecule has 0 saturated carbocycles. The first-order valence-electron chi connectivity index (χ1n) is 9.18. The van der Waals surface area contributed by atoms with Gasteiger partial charge in [-0.2, -0.15) is 0 Å². The molecule has 2 aromatic carbocycles. The minimum Gasteiger partial charge on any atom is -0.332 e. The largest absolute Gasteiger partial charge is 0.332 e. The van der Waals surface area contributed by atoms with E-state index in [4.69, 9.17) is 0 Å². The predicted octanol–water partition coefficient (Wildman–Crippen LogP) is 4.61. The van der Waals surface area contributed by atoms with Crippen molar-refractivity contribution >= 4 is 33.8 Å². The van der Waals surface area contributed by atoms with E-state index in [1.54, 1.807) is 5.38 Å². The number of anilines is 3. The highest BCUT2D eigenvalue weighted by Gasteiger charge is 2.20. The zero-order valence-electron chi connectivity index (χ0n) is 14.9. The molecule has 1 saturated heterocycles. The van der Waals surface area contributed by atoms with Crippen LogP contribution >= 0.6 is 11.3 Å². The van der Waals surface area contributed by atoms with E-state index in [0.29, 0.717) is 16.7 Å². The van der Waals surface area contributed by atoms with Gasteiger partial charge in [0.2, 0.25) is 0 Å². The third-order valence-corrected chi connectivity index (χ3v) is 5.51. The summed E-state index contributed by atoms with van der Waals surface area (Å²) in [6.45, 7) is 2.04. The second-order valence-corrected chi connectivity index (χ2v) is 7.45. The van der Waals surface area contributed by atoms with Gasteiger partial charge in [0.1, 0.15) is 5.69 Å². The van der Waals surface area contributed by atoms with Crippen LogP contribution in [0, 0.1) is 0 Å². The molecular weight excluding hydrogens is 356 g/mol. The van der Waals surface area contributed by atoms with Crippen molar-refractivity contribution in [3.63, 3.8) is 0 Å². The Morgan fingerprint density at radius 1 is 1.04 bits per heavy atom. The fourth-order valence-corrected chi connectivity index (χ4v) is 4.08. The van der Waals surface area contributed by atoms with E-state index in [-0.39, 0.29) is 5.91 Å². The number of para-hydroxylation sites is 2. The van der Waals surface area contributed by atoms with E-state index >= 15 is 0 Å². The molecule has 1 fully saturated rings. The van der Waals surface area contributed by atoms with Crippen molar-refractivity contribution in [3.05, 3.63) is 71.2 Å². The van der Waals surface area contributed by atoms with Gasteiger partial charge >= 0.3 is 0 Å². The lowest BCUT2D eigenvalue weighted by molar-refractivity contribution is 0.102. The number of rotatable bonds is 5. The number of carbonyl (C=O) groups is 1. The van der Waals surface area contributed by atoms with Crippen LogP contribution in [0.4, 0.5) is 16.5 Å². The van der Waals surface area contributed by atoms with Gasteiger partial charge in [0.15, 0.2) is 5.13 Å². The van der Waals surface area contributed by atoms with Crippen molar-refractivity contribution in [1.82, 2.24) is 10.3 Å². The van der Waals surface area contributed by atoms with Crippen LogP contribution in [-0.2, 0) is 0 Å². The molecule has 3 N–H and O–H groups in total.